The van der Waals surface area contributed by atoms with Gasteiger partial charge in [0.05, 0.1) is 22.8 Å². The number of amides is 1. The van der Waals surface area contributed by atoms with Crippen molar-refractivity contribution >= 4 is 33.7 Å². The molecule has 7 nitrogen and oxygen atoms in total. The van der Waals surface area contributed by atoms with Crippen LogP contribution in [-0.2, 0) is 0 Å². The van der Waals surface area contributed by atoms with Crippen LogP contribution in [0.3, 0.4) is 0 Å². The number of carbonyl (C=O) groups excluding carboxylic acids is 1. The molecule has 0 saturated carbocycles. The van der Waals surface area contributed by atoms with E-state index in [2.05, 4.69) is 25.9 Å². The number of thiazole rings is 1. The zero-order chi connectivity index (χ0) is 16.4. The molecule has 0 aliphatic carbocycles. The number of thiophene rings is 1. The van der Waals surface area contributed by atoms with Crippen molar-refractivity contribution in [3.63, 3.8) is 0 Å². The predicted molar refractivity (Wildman–Crippen MR) is 94.5 cm³/mol. The van der Waals surface area contributed by atoms with Gasteiger partial charge in [0, 0.05) is 5.38 Å². The van der Waals surface area contributed by atoms with E-state index >= 15 is 0 Å². The van der Waals surface area contributed by atoms with Gasteiger partial charge in [-0.25, -0.2) is 9.67 Å². The van der Waals surface area contributed by atoms with E-state index in [1.165, 1.54) is 11.3 Å². The third-order valence-electron chi connectivity index (χ3n) is 3.92. The summed E-state index contributed by atoms with van der Waals surface area (Å²) in [7, 11) is 0. The van der Waals surface area contributed by atoms with E-state index in [9.17, 15) is 4.79 Å². The molecule has 1 saturated heterocycles. The van der Waals surface area contributed by atoms with Crippen LogP contribution in [-0.4, -0.2) is 39.0 Å². The van der Waals surface area contributed by atoms with Gasteiger partial charge in [0.2, 0.25) is 0 Å². The Morgan fingerprint density at radius 3 is 3.00 bits per heavy atom. The van der Waals surface area contributed by atoms with Crippen LogP contribution >= 0.6 is 22.7 Å². The zero-order valence-corrected chi connectivity index (χ0v) is 14.4. The van der Waals surface area contributed by atoms with Crippen molar-refractivity contribution in [3.05, 3.63) is 34.8 Å². The Bertz CT molecular complexity index is 819. The minimum atomic E-state index is -0.276. The average molecular weight is 360 g/mol. The second-order valence-electron chi connectivity index (χ2n) is 5.53. The molecule has 4 heterocycles. The molecule has 3 aromatic heterocycles. The molecule has 0 spiro atoms. The molecular formula is C15H16N6OS2. The van der Waals surface area contributed by atoms with Gasteiger partial charge in [-0.3, -0.25) is 10.1 Å². The summed E-state index contributed by atoms with van der Waals surface area (Å²) in [6.07, 6.45) is 3.72. The molecule has 3 aromatic rings. The monoisotopic (exact) mass is 360 g/mol. The molecule has 1 aliphatic rings. The summed E-state index contributed by atoms with van der Waals surface area (Å²) in [6.45, 7) is 1.94. The van der Waals surface area contributed by atoms with E-state index in [1.54, 1.807) is 22.2 Å². The highest BCUT2D eigenvalue weighted by atomic mass is 32.1. The van der Waals surface area contributed by atoms with Crippen LogP contribution in [0.5, 0.6) is 0 Å². The summed E-state index contributed by atoms with van der Waals surface area (Å²) in [5.41, 5.74) is 1.20. The predicted octanol–water partition coefficient (Wildman–Crippen LogP) is 2.64. The molecule has 0 bridgehead atoms. The fraction of sp³-hybridized carbons (Fsp3) is 0.333. The largest absolute Gasteiger partial charge is 0.317 e. The fourth-order valence-corrected chi connectivity index (χ4v) is 4.13. The first-order chi connectivity index (χ1) is 11.8. The molecule has 1 aliphatic heterocycles. The number of anilines is 1. The molecule has 1 fully saturated rings. The van der Waals surface area contributed by atoms with Gasteiger partial charge in [-0.1, -0.05) is 11.3 Å². The number of hydrogen-bond acceptors (Lipinski definition) is 7. The quantitative estimate of drug-likeness (QED) is 0.747. The molecule has 124 valence electrons. The van der Waals surface area contributed by atoms with Crippen LogP contribution in [0.15, 0.2) is 29.1 Å². The van der Waals surface area contributed by atoms with Gasteiger partial charge in [0.25, 0.3) is 5.91 Å². The van der Waals surface area contributed by atoms with E-state index in [0.29, 0.717) is 16.9 Å². The molecule has 0 atom stereocenters. The lowest BCUT2D eigenvalue weighted by atomic mass is 10.1. The minimum absolute atomic E-state index is 0.276. The van der Waals surface area contributed by atoms with Gasteiger partial charge < -0.3 is 5.32 Å². The fourth-order valence-electron chi connectivity index (χ4n) is 2.66. The van der Waals surface area contributed by atoms with Crippen LogP contribution in [0.4, 0.5) is 5.13 Å². The Kier molecular flexibility index (Phi) is 4.37. The van der Waals surface area contributed by atoms with Crippen molar-refractivity contribution in [2.24, 2.45) is 0 Å². The second kappa shape index (κ2) is 6.80. The molecule has 0 unspecified atom stereocenters. The highest BCUT2D eigenvalue weighted by molar-refractivity contribution is 7.16. The third kappa shape index (κ3) is 3.23. The normalized spacial score (nSPS) is 15.5. The number of rotatable bonds is 4. The van der Waals surface area contributed by atoms with Crippen LogP contribution in [0.1, 0.15) is 29.4 Å². The van der Waals surface area contributed by atoms with Gasteiger partial charge in [0.1, 0.15) is 0 Å². The third-order valence-corrected chi connectivity index (χ3v) is 5.57. The Morgan fingerprint density at radius 1 is 1.33 bits per heavy atom. The van der Waals surface area contributed by atoms with Gasteiger partial charge in [-0.2, -0.15) is 0 Å². The highest BCUT2D eigenvalue weighted by Gasteiger charge is 2.19. The first-order valence-corrected chi connectivity index (χ1v) is 9.49. The Hall–Kier alpha value is -2.10. The van der Waals surface area contributed by atoms with E-state index in [0.717, 1.165) is 36.5 Å². The first-order valence-electron chi connectivity index (χ1n) is 7.73. The number of hydrogen-bond donors (Lipinski definition) is 2. The molecule has 1 amide bonds. The first kappa shape index (κ1) is 15.4. The smallest absolute Gasteiger partial charge is 0.279 e. The van der Waals surface area contributed by atoms with E-state index in [1.807, 2.05) is 22.9 Å². The van der Waals surface area contributed by atoms with Crippen molar-refractivity contribution in [3.8, 4) is 10.6 Å². The van der Waals surface area contributed by atoms with Crippen molar-refractivity contribution < 1.29 is 4.79 Å². The lowest BCUT2D eigenvalue weighted by Gasteiger charge is -2.21. The van der Waals surface area contributed by atoms with E-state index in [-0.39, 0.29) is 5.91 Å². The summed E-state index contributed by atoms with van der Waals surface area (Å²) in [4.78, 5) is 17.9. The topological polar surface area (TPSA) is 84.7 Å². The number of nitrogens with zero attached hydrogens (tertiary/aromatic N) is 4. The second-order valence-corrected chi connectivity index (χ2v) is 7.34. The summed E-state index contributed by atoms with van der Waals surface area (Å²) in [5, 5.41) is 18.7. The van der Waals surface area contributed by atoms with Crippen molar-refractivity contribution in [1.29, 1.82) is 0 Å². The summed E-state index contributed by atoms with van der Waals surface area (Å²) >= 11 is 3.03. The van der Waals surface area contributed by atoms with Crippen LogP contribution in [0, 0.1) is 0 Å². The van der Waals surface area contributed by atoms with Gasteiger partial charge >= 0.3 is 0 Å². The van der Waals surface area contributed by atoms with Crippen molar-refractivity contribution in [1.82, 2.24) is 25.3 Å². The van der Waals surface area contributed by atoms with Crippen molar-refractivity contribution in [2.75, 3.05) is 18.4 Å². The molecule has 9 heteroatoms. The van der Waals surface area contributed by atoms with Crippen molar-refractivity contribution in [2.45, 2.75) is 18.9 Å². The maximum Gasteiger partial charge on any atom is 0.279 e. The number of aromatic nitrogens is 4. The molecule has 0 radical (unpaired) electrons. The molecule has 4 rings (SSSR count). The van der Waals surface area contributed by atoms with Gasteiger partial charge in [0.15, 0.2) is 10.8 Å². The Labute approximate surface area is 146 Å². The lowest BCUT2D eigenvalue weighted by Crippen LogP contribution is -2.29. The van der Waals surface area contributed by atoms with Gasteiger partial charge in [-0.15, -0.1) is 27.8 Å². The molecule has 2 N–H and O–H groups in total. The SMILES string of the molecule is O=C(Nc1nc(-c2cccs2)cs1)c1cn(C2CCNCC2)nn1. The molecular weight excluding hydrogens is 344 g/mol. The molecule has 0 aromatic carbocycles. The zero-order valence-electron chi connectivity index (χ0n) is 12.8. The van der Waals surface area contributed by atoms with Gasteiger partial charge in [-0.05, 0) is 37.4 Å². The summed E-state index contributed by atoms with van der Waals surface area (Å²) in [5.74, 6) is -0.276. The average Bonchev–Trinajstić information content (AvgIpc) is 3.36. The summed E-state index contributed by atoms with van der Waals surface area (Å²) < 4.78 is 1.80. The maximum atomic E-state index is 12.3. The number of piperidine rings is 1. The summed E-state index contributed by atoms with van der Waals surface area (Å²) in [6, 6.07) is 4.30. The Balaban J connectivity index is 1.44. The number of nitrogens with one attached hydrogen (secondary N) is 2. The van der Waals surface area contributed by atoms with E-state index in [4.69, 9.17) is 0 Å². The highest BCUT2D eigenvalue weighted by Crippen LogP contribution is 2.28. The number of carbonyl (C=O) groups is 1. The van der Waals surface area contributed by atoms with Crippen LogP contribution < -0.4 is 10.6 Å². The minimum Gasteiger partial charge on any atom is -0.317 e. The lowest BCUT2D eigenvalue weighted by molar-refractivity contribution is 0.102. The Morgan fingerprint density at radius 2 is 2.21 bits per heavy atom. The molecule has 24 heavy (non-hydrogen) atoms. The van der Waals surface area contributed by atoms with Crippen LogP contribution in [0.25, 0.3) is 10.6 Å². The maximum absolute atomic E-state index is 12.3. The van der Waals surface area contributed by atoms with Crippen LogP contribution in [0.2, 0.25) is 0 Å². The van der Waals surface area contributed by atoms with E-state index < -0.39 is 0 Å². The standard InChI is InChI=1S/C15H16N6OS2/c22-14(11-8-21(20-19-11)10-3-5-16-6-4-10)18-15-17-12(9-24-15)13-2-1-7-23-13/h1-2,7-10,16H,3-6H2,(H,17,18,22).